The molecule has 3 aromatic carbocycles. The third-order valence-corrected chi connectivity index (χ3v) is 5.95. The Morgan fingerprint density at radius 2 is 1.69 bits per heavy atom. The highest BCUT2D eigenvalue weighted by molar-refractivity contribution is 9.10. The van der Waals surface area contributed by atoms with Crippen LogP contribution in [-0.4, -0.2) is 26.0 Å². The molecular weight excluding hydrogens is 533 g/mol. The minimum Gasteiger partial charge on any atom is -0.451 e. The number of aromatic nitrogens is 3. The number of hydrogen-bond donors (Lipinski definition) is 2. The van der Waals surface area contributed by atoms with Crippen molar-refractivity contribution in [1.29, 1.82) is 0 Å². The number of fused-ring (bicyclic) bond motifs is 1. The van der Waals surface area contributed by atoms with Gasteiger partial charge in [0.2, 0.25) is 0 Å². The van der Waals surface area contributed by atoms with Crippen LogP contribution in [0.3, 0.4) is 0 Å². The summed E-state index contributed by atoms with van der Waals surface area (Å²) in [5.74, 6) is -0.0807. The molecule has 5 aromatic rings. The number of hydrogen-bond acceptors (Lipinski definition) is 5. The van der Waals surface area contributed by atoms with Gasteiger partial charge in [-0.15, -0.1) is 10.2 Å². The number of thiocarbonyl (C=S) groups is 1. The Balaban J connectivity index is 1.29. The van der Waals surface area contributed by atoms with Crippen molar-refractivity contribution in [3.8, 4) is 17.0 Å². The fourth-order valence-corrected chi connectivity index (χ4v) is 3.91. The Morgan fingerprint density at radius 3 is 2.40 bits per heavy atom. The van der Waals surface area contributed by atoms with Crippen molar-refractivity contribution in [1.82, 2.24) is 20.3 Å². The van der Waals surface area contributed by atoms with E-state index in [9.17, 15) is 9.18 Å². The Hall–Kier alpha value is -3.89. The molecule has 174 valence electrons. The van der Waals surface area contributed by atoms with Crippen LogP contribution in [0.15, 0.2) is 81.7 Å². The number of carbonyl (C=O) groups is 1. The number of rotatable bonds is 4. The average Bonchev–Trinajstić information content (AvgIpc) is 3.48. The number of nitrogens with zero attached hydrogens (tertiary/aromatic N) is 3. The van der Waals surface area contributed by atoms with Crippen molar-refractivity contribution in [2.75, 3.05) is 5.32 Å². The van der Waals surface area contributed by atoms with Crippen molar-refractivity contribution in [2.24, 2.45) is 0 Å². The number of amides is 1. The average molecular weight is 550 g/mol. The van der Waals surface area contributed by atoms with Crippen LogP contribution < -0.4 is 10.6 Å². The van der Waals surface area contributed by atoms with E-state index in [1.54, 1.807) is 30.3 Å². The van der Waals surface area contributed by atoms with E-state index in [1.807, 2.05) is 37.3 Å². The molecule has 0 radical (unpaired) electrons. The Labute approximate surface area is 213 Å². The van der Waals surface area contributed by atoms with E-state index in [4.69, 9.17) is 16.6 Å². The molecule has 2 aromatic heterocycles. The van der Waals surface area contributed by atoms with Crippen molar-refractivity contribution in [2.45, 2.75) is 6.92 Å². The summed E-state index contributed by atoms with van der Waals surface area (Å²) in [6.45, 7) is 1.89. The van der Waals surface area contributed by atoms with Crippen LogP contribution in [-0.2, 0) is 0 Å². The monoisotopic (exact) mass is 549 g/mol. The molecule has 0 unspecified atom stereocenters. The molecule has 2 heterocycles. The molecule has 2 N–H and O–H groups in total. The maximum Gasteiger partial charge on any atom is 0.293 e. The second-order valence-electron chi connectivity index (χ2n) is 7.70. The second-order valence-corrected chi connectivity index (χ2v) is 9.02. The molecule has 0 saturated carbocycles. The molecule has 0 fully saturated rings. The normalized spacial score (nSPS) is 10.9. The van der Waals surface area contributed by atoms with Gasteiger partial charge in [-0.25, -0.2) is 4.39 Å². The zero-order chi connectivity index (χ0) is 24.5. The van der Waals surface area contributed by atoms with Crippen molar-refractivity contribution < 1.29 is 13.6 Å². The minimum atomic E-state index is -0.466. The lowest BCUT2D eigenvalue weighted by Crippen LogP contribution is -2.34. The lowest BCUT2D eigenvalue weighted by molar-refractivity contribution is 0.0951. The Morgan fingerprint density at radius 1 is 1.00 bits per heavy atom. The van der Waals surface area contributed by atoms with Gasteiger partial charge in [-0.05, 0) is 85.4 Å². The van der Waals surface area contributed by atoms with Gasteiger partial charge in [-0.2, -0.15) is 4.80 Å². The largest absolute Gasteiger partial charge is 0.451 e. The SMILES string of the molecule is Cc1cc2nn(-c3ccc(F)cc3)nc2cc1NC(=S)NC(=O)c1ccc(-c2ccc(Br)cc2)o1. The van der Waals surface area contributed by atoms with Crippen molar-refractivity contribution in [3.05, 3.63) is 94.4 Å². The molecule has 35 heavy (non-hydrogen) atoms. The molecule has 0 aliphatic carbocycles. The van der Waals surface area contributed by atoms with Gasteiger partial charge in [0.25, 0.3) is 5.91 Å². The van der Waals surface area contributed by atoms with Crippen LogP contribution in [0, 0.1) is 12.7 Å². The van der Waals surface area contributed by atoms with Gasteiger partial charge < -0.3 is 9.73 Å². The van der Waals surface area contributed by atoms with Gasteiger partial charge in [-0.3, -0.25) is 10.1 Å². The van der Waals surface area contributed by atoms with E-state index in [0.717, 1.165) is 15.6 Å². The summed E-state index contributed by atoms with van der Waals surface area (Å²) in [5, 5.41) is 14.7. The lowest BCUT2D eigenvalue weighted by atomic mass is 10.2. The van der Waals surface area contributed by atoms with Crippen LogP contribution in [0.5, 0.6) is 0 Å². The summed E-state index contributed by atoms with van der Waals surface area (Å²) >= 11 is 8.73. The molecule has 1 amide bonds. The first kappa shape index (κ1) is 22.9. The fraction of sp³-hybridized carbons (Fsp3) is 0.0400. The maximum atomic E-state index is 13.2. The number of benzene rings is 3. The number of nitrogens with one attached hydrogen (secondary N) is 2. The number of halogens is 2. The molecule has 0 saturated heterocycles. The van der Waals surface area contributed by atoms with Crippen molar-refractivity contribution >= 4 is 55.9 Å². The molecule has 5 rings (SSSR count). The van der Waals surface area contributed by atoms with Gasteiger partial charge >= 0.3 is 0 Å². The summed E-state index contributed by atoms with van der Waals surface area (Å²) in [6.07, 6.45) is 0. The lowest BCUT2D eigenvalue weighted by Gasteiger charge is -2.10. The highest BCUT2D eigenvalue weighted by Crippen LogP contribution is 2.25. The van der Waals surface area contributed by atoms with E-state index in [-0.39, 0.29) is 16.7 Å². The molecule has 0 bridgehead atoms. The number of carbonyl (C=O) groups excluding carboxylic acids is 1. The molecule has 0 aliphatic heterocycles. The quantitative estimate of drug-likeness (QED) is 0.267. The first-order chi connectivity index (χ1) is 16.9. The smallest absolute Gasteiger partial charge is 0.293 e. The van der Waals surface area contributed by atoms with Gasteiger partial charge in [0.05, 0.1) is 5.69 Å². The Kier molecular flexibility index (Phi) is 6.14. The van der Waals surface area contributed by atoms with Gasteiger partial charge in [0.1, 0.15) is 22.6 Å². The second kappa shape index (κ2) is 9.40. The number of furan rings is 1. The summed E-state index contributed by atoms with van der Waals surface area (Å²) in [5.41, 5.74) is 4.30. The van der Waals surface area contributed by atoms with E-state index >= 15 is 0 Å². The Bertz CT molecular complexity index is 1560. The minimum absolute atomic E-state index is 0.116. The zero-order valence-electron chi connectivity index (χ0n) is 18.3. The van der Waals surface area contributed by atoms with E-state index in [0.29, 0.717) is 28.2 Å². The van der Waals surface area contributed by atoms with Crippen LogP contribution in [0.2, 0.25) is 0 Å². The van der Waals surface area contributed by atoms with Gasteiger partial charge in [0, 0.05) is 15.7 Å². The molecule has 0 atom stereocenters. The van der Waals surface area contributed by atoms with Gasteiger partial charge in [-0.1, -0.05) is 28.1 Å². The highest BCUT2D eigenvalue weighted by atomic mass is 79.9. The topological polar surface area (TPSA) is 85.0 Å². The first-order valence-corrected chi connectivity index (χ1v) is 11.7. The maximum absolute atomic E-state index is 13.2. The number of anilines is 1. The summed E-state index contributed by atoms with van der Waals surface area (Å²) in [7, 11) is 0. The zero-order valence-corrected chi connectivity index (χ0v) is 20.7. The van der Waals surface area contributed by atoms with Crippen LogP contribution >= 0.6 is 28.1 Å². The standard InChI is InChI=1S/C25H17BrFN5O2S/c1-14-12-20-21(31-32(30-20)18-8-6-17(27)7-9-18)13-19(14)28-25(35)29-24(33)23-11-10-22(34-23)15-2-4-16(26)5-3-15/h2-13H,1H3,(H2,28,29,33,35). The third-order valence-electron chi connectivity index (χ3n) is 5.22. The van der Waals surface area contributed by atoms with E-state index in [1.165, 1.54) is 16.9 Å². The van der Waals surface area contributed by atoms with E-state index < -0.39 is 5.91 Å². The molecule has 0 aliphatic rings. The first-order valence-electron chi connectivity index (χ1n) is 10.5. The summed E-state index contributed by atoms with van der Waals surface area (Å²) in [4.78, 5) is 14.1. The van der Waals surface area contributed by atoms with Crippen LogP contribution in [0.1, 0.15) is 16.1 Å². The van der Waals surface area contributed by atoms with Crippen LogP contribution in [0.4, 0.5) is 10.1 Å². The van der Waals surface area contributed by atoms with Gasteiger partial charge in [0.15, 0.2) is 10.9 Å². The predicted molar refractivity (Wildman–Crippen MR) is 139 cm³/mol. The molecular formula is C25H17BrFN5O2S. The fourth-order valence-electron chi connectivity index (χ4n) is 3.44. The highest BCUT2D eigenvalue weighted by Gasteiger charge is 2.15. The molecule has 7 nitrogen and oxygen atoms in total. The number of aryl methyl sites for hydroxylation is 1. The summed E-state index contributed by atoms with van der Waals surface area (Å²) < 4.78 is 19.9. The van der Waals surface area contributed by atoms with Crippen LogP contribution in [0.25, 0.3) is 28.0 Å². The predicted octanol–water partition coefficient (Wildman–Crippen LogP) is 6.02. The van der Waals surface area contributed by atoms with E-state index in [2.05, 4.69) is 36.8 Å². The molecule has 0 spiro atoms. The van der Waals surface area contributed by atoms with Crippen molar-refractivity contribution in [3.63, 3.8) is 0 Å². The molecule has 10 heteroatoms. The third kappa shape index (κ3) is 4.98. The summed E-state index contributed by atoms with van der Waals surface area (Å²) in [6, 6.07) is 20.4.